The van der Waals surface area contributed by atoms with Crippen LogP contribution in [0.15, 0.2) is 59.1 Å². The molecule has 0 aromatic heterocycles. The van der Waals surface area contributed by atoms with Gasteiger partial charge in [0.15, 0.2) is 11.5 Å². The minimum atomic E-state index is -0.211. The predicted octanol–water partition coefficient (Wildman–Crippen LogP) is 6.21. The van der Waals surface area contributed by atoms with Gasteiger partial charge in [0.25, 0.3) is 5.91 Å². The molecule has 150 valence electrons. The first-order valence-corrected chi connectivity index (χ1v) is 10.1. The fourth-order valence-corrected chi connectivity index (χ4v) is 3.41. The zero-order valence-corrected chi connectivity index (χ0v) is 18.6. The Morgan fingerprint density at radius 1 is 0.966 bits per heavy atom. The Morgan fingerprint density at radius 3 is 2.34 bits per heavy atom. The average Bonchev–Trinajstić information content (AvgIpc) is 2.70. The lowest BCUT2D eigenvalue weighted by Gasteiger charge is -2.15. The number of hydrogen-bond donors (Lipinski definition) is 1. The molecule has 0 bridgehead atoms. The minimum absolute atomic E-state index is 0.211. The van der Waals surface area contributed by atoms with Crippen molar-refractivity contribution in [3.05, 3.63) is 86.9 Å². The number of ether oxygens (including phenoxy) is 2. The van der Waals surface area contributed by atoms with Crippen LogP contribution < -0.4 is 14.8 Å². The minimum Gasteiger partial charge on any atom is -0.493 e. The summed E-state index contributed by atoms with van der Waals surface area (Å²) in [6, 6.07) is 17.4. The van der Waals surface area contributed by atoms with Crippen LogP contribution in [0.3, 0.4) is 0 Å². The lowest BCUT2D eigenvalue weighted by atomic mass is 10.1. The number of carbonyl (C=O) groups excluding carboxylic acids is 1. The van der Waals surface area contributed by atoms with Crippen LogP contribution in [-0.4, -0.2) is 13.0 Å². The standard InChI is InChI=1S/C24H24BrNO3/c1-15-5-8-18(9-6-15)14-29-23-21(25)12-19(13-22(23)28-4)24(27)26-20-10-7-16(2)17(3)11-20/h5-13H,14H2,1-4H3,(H,26,27). The summed E-state index contributed by atoms with van der Waals surface area (Å²) in [6.07, 6.45) is 0. The Kier molecular flexibility index (Phi) is 6.60. The normalized spacial score (nSPS) is 10.5. The van der Waals surface area contributed by atoms with Crippen molar-refractivity contribution in [1.82, 2.24) is 0 Å². The van der Waals surface area contributed by atoms with Crippen LogP contribution in [0.5, 0.6) is 11.5 Å². The van der Waals surface area contributed by atoms with E-state index in [1.165, 1.54) is 11.1 Å². The van der Waals surface area contributed by atoms with E-state index in [9.17, 15) is 4.79 Å². The van der Waals surface area contributed by atoms with E-state index in [4.69, 9.17) is 9.47 Å². The molecule has 1 amide bonds. The van der Waals surface area contributed by atoms with Gasteiger partial charge in [-0.1, -0.05) is 35.9 Å². The highest BCUT2D eigenvalue weighted by molar-refractivity contribution is 9.10. The van der Waals surface area contributed by atoms with E-state index in [1.54, 1.807) is 19.2 Å². The smallest absolute Gasteiger partial charge is 0.255 e. The molecule has 0 aliphatic carbocycles. The SMILES string of the molecule is COc1cc(C(=O)Nc2ccc(C)c(C)c2)cc(Br)c1OCc1ccc(C)cc1. The van der Waals surface area contributed by atoms with E-state index < -0.39 is 0 Å². The summed E-state index contributed by atoms with van der Waals surface area (Å²) >= 11 is 3.51. The van der Waals surface area contributed by atoms with E-state index in [2.05, 4.69) is 21.2 Å². The quantitative estimate of drug-likeness (QED) is 0.482. The Hall–Kier alpha value is -2.79. The molecule has 0 saturated heterocycles. The highest BCUT2D eigenvalue weighted by Crippen LogP contribution is 2.37. The maximum absolute atomic E-state index is 12.7. The van der Waals surface area contributed by atoms with Crippen LogP contribution in [0, 0.1) is 20.8 Å². The number of benzene rings is 3. The third kappa shape index (κ3) is 5.18. The molecule has 3 aromatic rings. The van der Waals surface area contributed by atoms with Gasteiger partial charge >= 0.3 is 0 Å². The summed E-state index contributed by atoms with van der Waals surface area (Å²) in [6.45, 7) is 6.51. The van der Waals surface area contributed by atoms with E-state index in [1.807, 2.05) is 63.2 Å². The maximum atomic E-state index is 12.7. The van der Waals surface area contributed by atoms with Gasteiger partial charge in [-0.05, 0) is 77.7 Å². The summed E-state index contributed by atoms with van der Waals surface area (Å²) in [5, 5.41) is 2.93. The third-order valence-electron chi connectivity index (χ3n) is 4.76. The molecule has 0 unspecified atom stereocenters. The summed E-state index contributed by atoms with van der Waals surface area (Å²) in [5.74, 6) is 0.852. The molecule has 0 heterocycles. The molecule has 0 radical (unpaired) electrons. The Balaban J connectivity index is 1.78. The van der Waals surface area contributed by atoms with Gasteiger partial charge in [-0.25, -0.2) is 0 Å². The number of halogens is 1. The highest BCUT2D eigenvalue weighted by Gasteiger charge is 2.16. The molecule has 0 spiro atoms. The van der Waals surface area contributed by atoms with Crippen molar-refractivity contribution < 1.29 is 14.3 Å². The molecule has 0 atom stereocenters. The van der Waals surface area contributed by atoms with E-state index >= 15 is 0 Å². The molecule has 0 saturated carbocycles. The number of amides is 1. The first-order chi connectivity index (χ1) is 13.9. The van der Waals surface area contributed by atoms with E-state index in [0.717, 1.165) is 16.8 Å². The van der Waals surface area contributed by atoms with Crippen molar-refractivity contribution in [2.45, 2.75) is 27.4 Å². The van der Waals surface area contributed by atoms with Crippen molar-refractivity contribution in [1.29, 1.82) is 0 Å². The summed E-state index contributed by atoms with van der Waals surface area (Å²) in [4.78, 5) is 12.7. The molecule has 0 fully saturated rings. The van der Waals surface area contributed by atoms with Gasteiger partial charge in [0.2, 0.25) is 0 Å². The number of methoxy groups -OCH3 is 1. The van der Waals surface area contributed by atoms with Crippen molar-refractivity contribution in [2.75, 3.05) is 12.4 Å². The highest BCUT2D eigenvalue weighted by atomic mass is 79.9. The fourth-order valence-electron chi connectivity index (χ4n) is 2.85. The lowest BCUT2D eigenvalue weighted by molar-refractivity contribution is 0.102. The van der Waals surface area contributed by atoms with Crippen LogP contribution in [0.2, 0.25) is 0 Å². The van der Waals surface area contributed by atoms with Crippen LogP contribution >= 0.6 is 15.9 Å². The Labute approximate surface area is 180 Å². The molecular weight excluding hydrogens is 430 g/mol. The van der Waals surface area contributed by atoms with Gasteiger partial charge in [0.05, 0.1) is 11.6 Å². The third-order valence-corrected chi connectivity index (χ3v) is 5.35. The summed E-state index contributed by atoms with van der Waals surface area (Å²) in [5.41, 5.74) is 5.80. The largest absolute Gasteiger partial charge is 0.493 e. The first-order valence-electron chi connectivity index (χ1n) is 9.32. The molecule has 3 rings (SSSR count). The Bertz CT molecular complexity index is 1030. The molecule has 5 heteroatoms. The number of aryl methyl sites for hydroxylation is 3. The molecule has 29 heavy (non-hydrogen) atoms. The summed E-state index contributed by atoms with van der Waals surface area (Å²) < 4.78 is 12.1. The first kappa shape index (κ1) is 20.9. The van der Waals surface area contributed by atoms with Gasteiger partial charge in [0, 0.05) is 11.3 Å². The van der Waals surface area contributed by atoms with Gasteiger partial charge in [-0.15, -0.1) is 0 Å². The van der Waals surface area contributed by atoms with Crippen LogP contribution in [0.1, 0.15) is 32.6 Å². The van der Waals surface area contributed by atoms with Crippen LogP contribution in [0.25, 0.3) is 0 Å². The number of carbonyl (C=O) groups is 1. The number of anilines is 1. The van der Waals surface area contributed by atoms with Gasteiger partial charge < -0.3 is 14.8 Å². The van der Waals surface area contributed by atoms with E-state index in [-0.39, 0.29) is 5.91 Å². The van der Waals surface area contributed by atoms with Crippen LogP contribution in [-0.2, 0) is 6.61 Å². The number of rotatable bonds is 6. The van der Waals surface area contributed by atoms with Crippen molar-refractivity contribution >= 4 is 27.5 Å². The second-order valence-electron chi connectivity index (χ2n) is 7.02. The van der Waals surface area contributed by atoms with Crippen molar-refractivity contribution in [3.8, 4) is 11.5 Å². The predicted molar refractivity (Wildman–Crippen MR) is 120 cm³/mol. The fraction of sp³-hybridized carbons (Fsp3) is 0.208. The second-order valence-corrected chi connectivity index (χ2v) is 7.87. The summed E-state index contributed by atoms with van der Waals surface area (Å²) in [7, 11) is 1.56. The van der Waals surface area contributed by atoms with Gasteiger partial charge in [0.1, 0.15) is 6.61 Å². The topological polar surface area (TPSA) is 47.6 Å². The van der Waals surface area contributed by atoms with Crippen LogP contribution in [0.4, 0.5) is 5.69 Å². The molecule has 3 aromatic carbocycles. The second kappa shape index (κ2) is 9.14. The Morgan fingerprint density at radius 2 is 1.69 bits per heavy atom. The zero-order valence-electron chi connectivity index (χ0n) is 17.0. The lowest BCUT2D eigenvalue weighted by Crippen LogP contribution is -2.12. The molecular formula is C24H24BrNO3. The van der Waals surface area contributed by atoms with Crippen molar-refractivity contribution in [2.24, 2.45) is 0 Å². The zero-order chi connectivity index (χ0) is 21.0. The van der Waals surface area contributed by atoms with Gasteiger partial charge in [-0.3, -0.25) is 4.79 Å². The molecule has 4 nitrogen and oxygen atoms in total. The monoisotopic (exact) mass is 453 g/mol. The molecule has 1 N–H and O–H groups in total. The molecule has 0 aliphatic rings. The molecule has 0 aliphatic heterocycles. The maximum Gasteiger partial charge on any atom is 0.255 e. The number of nitrogens with one attached hydrogen (secondary N) is 1. The van der Waals surface area contributed by atoms with Crippen molar-refractivity contribution in [3.63, 3.8) is 0 Å². The number of hydrogen-bond acceptors (Lipinski definition) is 3. The average molecular weight is 454 g/mol. The van der Waals surface area contributed by atoms with Gasteiger partial charge in [-0.2, -0.15) is 0 Å². The van der Waals surface area contributed by atoms with E-state index in [0.29, 0.717) is 28.1 Å².